The second-order valence-electron chi connectivity index (χ2n) is 7.49. The third-order valence-electron chi connectivity index (χ3n) is 5.57. The number of hydrogen-bond acceptors (Lipinski definition) is 4. The minimum Gasteiger partial charge on any atom is -0.454 e. The van der Waals surface area contributed by atoms with Crippen LogP contribution in [0.25, 0.3) is 0 Å². The van der Waals surface area contributed by atoms with Crippen LogP contribution in [-0.4, -0.2) is 48.7 Å². The Kier molecular flexibility index (Phi) is 5.48. The van der Waals surface area contributed by atoms with Crippen LogP contribution in [0.4, 0.5) is 4.39 Å². The zero-order valence-electron chi connectivity index (χ0n) is 16.1. The topological polar surface area (TPSA) is 42.0 Å². The maximum absolute atomic E-state index is 14.0. The lowest BCUT2D eigenvalue weighted by molar-refractivity contribution is -0.132. The normalized spacial score (nSPS) is 18.9. The van der Waals surface area contributed by atoms with Crippen molar-refractivity contribution in [1.82, 2.24) is 9.80 Å². The molecule has 1 amide bonds. The van der Waals surface area contributed by atoms with Crippen molar-refractivity contribution in [3.05, 3.63) is 59.4 Å². The first-order chi connectivity index (χ1) is 13.6. The molecule has 0 bridgehead atoms. The highest BCUT2D eigenvalue weighted by molar-refractivity contribution is 5.79. The van der Waals surface area contributed by atoms with Crippen molar-refractivity contribution in [1.29, 1.82) is 0 Å². The fraction of sp³-hybridized carbons (Fsp3) is 0.409. The maximum atomic E-state index is 14.0. The van der Waals surface area contributed by atoms with Crippen LogP contribution >= 0.6 is 0 Å². The summed E-state index contributed by atoms with van der Waals surface area (Å²) in [5.74, 6) is 1.33. The SMILES string of the molecule is CN(C(=O)Cc1ccc2c(c1)OCO2)C1CCCN(Cc2ccccc2F)C1. The van der Waals surface area contributed by atoms with E-state index in [2.05, 4.69) is 4.90 Å². The van der Waals surface area contributed by atoms with Crippen LogP contribution < -0.4 is 9.47 Å². The fourth-order valence-electron chi connectivity index (χ4n) is 3.91. The summed E-state index contributed by atoms with van der Waals surface area (Å²) in [5, 5.41) is 0. The number of likely N-dealkylation sites (tertiary alicyclic amines) is 1. The number of carbonyl (C=O) groups is 1. The smallest absolute Gasteiger partial charge is 0.231 e. The van der Waals surface area contributed by atoms with Crippen LogP contribution in [0.3, 0.4) is 0 Å². The van der Waals surface area contributed by atoms with Gasteiger partial charge in [-0.3, -0.25) is 9.69 Å². The number of hydrogen-bond donors (Lipinski definition) is 0. The Morgan fingerprint density at radius 3 is 2.89 bits per heavy atom. The van der Waals surface area contributed by atoms with Crippen molar-refractivity contribution >= 4 is 5.91 Å². The molecule has 0 N–H and O–H groups in total. The van der Waals surface area contributed by atoms with E-state index < -0.39 is 0 Å². The first-order valence-corrected chi connectivity index (χ1v) is 9.70. The molecule has 2 aliphatic rings. The van der Waals surface area contributed by atoms with Gasteiger partial charge in [0.2, 0.25) is 12.7 Å². The molecule has 0 radical (unpaired) electrons. The van der Waals surface area contributed by atoms with Crippen molar-refractivity contribution in [3.63, 3.8) is 0 Å². The van der Waals surface area contributed by atoms with E-state index in [9.17, 15) is 9.18 Å². The van der Waals surface area contributed by atoms with E-state index in [4.69, 9.17) is 9.47 Å². The van der Waals surface area contributed by atoms with Gasteiger partial charge in [0.1, 0.15) is 5.82 Å². The summed E-state index contributed by atoms with van der Waals surface area (Å²) in [6, 6.07) is 12.7. The van der Waals surface area contributed by atoms with E-state index in [1.54, 1.807) is 6.07 Å². The molecule has 1 atom stereocenters. The van der Waals surface area contributed by atoms with E-state index in [0.29, 0.717) is 24.3 Å². The Morgan fingerprint density at radius 2 is 2.04 bits per heavy atom. The number of carbonyl (C=O) groups excluding carboxylic acids is 1. The minimum atomic E-state index is -0.170. The van der Waals surface area contributed by atoms with Gasteiger partial charge in [0, 0.05) is 31.7 Å². The van der Waals surface area contributed by atoms with Crippen LogP contribution in [0.2, 0.25) is 0 Å². The lowest BCUT2D eigenvalue weighted by atomic mass is 10.0. The van der Waals surface area contributed by atoms with Crippen LogP contribution in [0.15, 0.2) is 42.5 Å². The number of rotatable bonds is 5. The number of halogens is 1. The number of ether oxygens (including phenoxy) is 2. The molecule has 28 heavy (non-hydrogen) atoms. The van der Waals surface area contributed by atoms with Gasteiger partial charge in [-0.1, -0.05) is 24.3 Å². The summed E-state index contributed by atoms with van der Waals surface area (Å²) in [5.41, 5.74) is 1.62. The summed E-state index contributed by atoms with van der Waals surface area (Å²) in [7, 11) is 1.87. The summed E-state index contributed by atoms with van der Waals surface area (Å²) >= 11 is 0. The molecule has 2 aromatic carbocycles. The molecule has 1 saturated heterocycles. The van der Waals surface area contributed by atoms with Crippen LogP contribution in [0, 0.1) is 5.82 Å². The molecule has 1 fully saturated rings. The highest BCUT2D eigenvalue weighted by Crippen LogP contribution is 2.32. The average molecular weight is 384 g/mol. The third-order valence-corrected chi connectivity index (χ3v) is 5.57. The Hall–Kier alpha value is -2.60. The van der Waals surface area contributed by atoms with Gasteiger partial charge in [0.15, 0.2) is 11.5 Å². The number of fused-ring (bicyclic) bond motifs is 1. The molecule has 148 valence electrons. The Labute approximate surface area is 164 Å². The Balaban J connectivity index is 1.36. The zero-order valence-corrected chi connectivity index (χ0v) is 16.1. The molecule has 2 aliphatic heterocycles. The van der Waals surface area contributed by atoms with E-state index in [0.717, 1.165) is 37.2 Å². The quantitative estimate of drug-likeness (QED) is 0.794. The first kappa shape index (κ1) is 18.7. The monoisotopic (exact) mass is 384 g/mol. The minimum absolute atomic E-state index is 0.0802. The summed E-state index contributed by atoms with van der Waals surface area (Å²) in [6.07, 6.45) is 2.30. The number of benzene rings is 2. The predicted octanol–water partition coefficient (Wildman–Crippen LogP) is 3.22. The van der Waals surface area contributed by atoms with Gasteiger partial charge in [0.05, 0.1) is 6.42 Å². The van der Waals surface area contributed by atoms with Crippen molar-refractivity contribution in [2.24, 2.45) is 0 Å². The highest BCUT2D eigenvalue weighted by Gasteiger charge is 2.27. The van der Waals surface area contributed by atoms with Crippen molar-refractivity contribution in [2.75, 3.05) is 26.9 Å². The van der Waals surface area contributed by atoms with Gasteiger partial charge in [-0.05, 0) is 43.1 Å². The van der Waals surface area contributed by atoms with Gasteiger partial charge in [-0.2, -0.15) is 0 Å². The predicted molar refractivity (Wildman–Crippen MR) is 104 cm³/mol. The molecule has 2 heterocycles. The summed E-state index contributed by atoms with van der Waals surface area (Å²) in [6.45, 7) is 2.49. The standard InChI is InChI=1S/C22H25FN2O3/c1-24(22(26)12-16-8-9-20-21(11-16)28-15-27-20)18-6-4-10-25(14-18)13-17-5-2-3-7-19(17)23/h2-3,5,7-9,11,18H,4,6,10,12-15H2,1H3. The van der Waals surface area contributed by atoms with Crippen molar-refractivity contribution in [2.45, 2.75) is 31.8 Å². The molecule has 0 aromatic heterocycles. The molecule has 6 heteroatoms. The van der Waals surface area contributed by atoms with E-state index in [-0.39, 0.29) is 24.6 Å². The summed E-state index contributed by atoms with van der Waals surface area (Å²) in [4.78, 5) is 16.9. The van der Waals surface area contributed by atoms with Crippen LogP contribution in [0.1, 0.15) is 24.0 Å². The Bertz CT molecular complexity index is 857. The molecule has 4 rings (SSSR count). The lowest BCUT2D eigenvalue weighted by Gasteiger charge is -2.37. The average Bonchev–Trinajstić information content (AvgIpc) is 3.17. The summed E-state index contributed by atoms with van der Waals surface area (Å²) < 4.78 is 24.7. The molecule has 0 aliphatic carbocycles. The second kappa shape index (κ2) is 8.19. The highest BCUT2D eigenvalue weighted by atomic mass is 19.1. The van der Waals surface area contributed by atoms with Crippen molar-refractivity contribution < 1.29 is 18.7 Å². The van der Waals surface area contributed by atoms with Gasteiger partial charge in [-0.25, -0.2) is 4.39 Å². The molecule has 2 aromatic rings. The number of piperidine rings is 1. The first-order valence-electron chi connectivity index (χ1n) is 9.70. The number of amides is 1. The van der Waals surface area contributed by atoms with Crippen molar-refractivity contribution in [3.8, 4) is 11.5 Å². The number of nitrogens with zero attached hydrogens (tertiary/aromatic N) is 2. The second-order valence-corrected chi connectivity index (χ2v) is 7.49. The van der Waals surface area contributed by atoms with E-state index in [1.807, 2.05) is 42.3 Å². The third kappa shape index (κ3) is 4.12. The fourth-order valence-corrected chi connectivity index (χ4v) is 3.91. The number of likely N-dealkylation sites (N-methyl/N-ethyl adjacent to an activating group) is 1. The molecule has 0 spiro atoms. The maximum Gasteiger partial charge on any atom is 0.231 e. The van der Waals surface area contributed by atoms with Crippen LogP contribution in [0.5, 0.6) is 11.5 Å². The van der Waals surface area contributed by atoms with Gasteiger partial charge in [0.25, 0.3) is 0 Å². The lowest BCUT2D eigenvalue weighted by Crippen LogP contribution is -2.48. The molecule has 5 nitrogen and oxygen atoms in total. The molecular weight excluding hydrogens is 359 g/mol. The molecular formula is C22H25FN2O3. The van der Waals surface area contributed by atoms with Gasteiger partial charge >= 0.3 is 0 Å². The Morgan fingerprint density at radius 1 is 1.21 bits per heavy atom. The zero-order chi connectivity index (χ0) is 19.5. The van der Waals surface area contributed by atoms with E-state index in [1.165, 1.54) is 6.07 Å². The van der Waals surface area contributed by atoms with Gasteiger partial charge in [-0.15, -0.1) is 0 Å². The molecule has 0 saturated carbocycles. The molecule has 1 unspecified atom stereocenters. The largest absolute Gasteiger partial charge is 0.454 e. The van der Waals surface area contributed by atoms with Crippen LogP contribution in [-0.2, 0) is 17.8 Å². The van der Waals surface area contributed by atoms with E-state index >= 15 is 0 Å². The van der Waals surface area contributed by atoms with Gasteiger partial charge < -0.3 is 14.4 Å².